The van der Waals surface area contributed by atoms with Crippen LogP contribution in [-0.2, 0) is 7.05 Å². The molecule has 210 valence electrons. The molecule has 11 nitrogen and oxygen atoms in total. The van der Waals surface area contributed by atoms with Crippen LogP contribution in [0.2, 0.25) is 0 Å². The van der Waals surface area contributed by atoms with Gasteiger partial charge < -0.3 is 9.32 Å². The quantitative estimate of drug-likeness (QED) is 0.287. The normalized spacial score (nSPS) is 14.9. The summed E-state index contributed by atoms with van der Waals surface area (Å²) in [5.74, 6) is 1.25. The van der Waals surface area contributed by atoms with E-state index >= 15 is 0 Å². The molecule has 1 aliphatic rings. The number of tetrazole rings is 1. The molecule has 0 bridgehead atoms. The lowest BCUT2D eigenvalue weighted by Crippen LogP contribution is -2.41. The molecule has 5 heterocycles. The van der Waals surface area contributed by atoms with Crippen molar-refractivity contribution < 1.29 is 9.21 Å². The van der Waals surface area contributed by atoms with Gasteiger partial charge in [-0.25, -0.2) is 4.98 Å². The maximum absolute atomic E-state index is 13.5. The van der Waals surface area contributed by atoms with Crippen molar-refractivity contribution in [3.05, 3.63) is 96.2 Å². The Morgan fingerprint density at radius 1 is 0.976 bits per heavy atom. The molecule has 1 fully saturated rings. The number of oxazole rings is 1. The number of benzene rings is 2. The third-order valence-electron chi connectivity index (χ3n) is 7.92. The molecule has 1 aliphatic heterocycles. The molecule has 0 radical (unpaired) electrons. The van der Waals surface area contributed by atoms with E-state index in [2.05, 4.69) is 37.6 Å². The summed E-state index contributed by atoms with van der Waals surface area (Å²) in [5.41, 5.74) is 5.62. The molecule has 2 aromatic carbocycles. The number of amides is 1. The molecule has 1 atom stereocenters. The molecule has 1 amide bonds. The molecule has 6 aromatic rings. The second-order valence-corrected chi connectivity index (χ2v) is 10.6. The number of hydrogen-bond acceptors (Lipinski definition) is 8. The second kappa shape index (κ2) is 10.7. The minimum Gasteiger partial charge on any atom is -0.436 e. The molecule has 42 heavy (non-hydrogen) atoms. The smallest absolute Gasteiger partial charge is 0.272 e. The lowest BCUT2D eigenvalue weighted by molar-refractivity contribution is 0.0658. The molecule has 0 saturated carbocycles. The molecule has 1 saturated heterocycles. The highest BCUT2D eigenvalue weighted by Crippen LogP contribution is 2.34. The Balaban J connectivity index is 1.08. The number of aryl methyl sites for hydroxylation is 2. The number of carbonyl (C=O) groups excluding carboxylic acids is 1. The van der Waals surface area contributed by atoms with Crippen molar-refractivity contribution in [2.24, 2.45) is 13.0 Å². The number of fused-ring (bicyclic) bond motifs is 1. The number of nitrogens with zero attached hydrogens (tertiary/aromatic N) is 9. The van der Waals surface area contributed by atoms with Crippen LogP contribution in [0.25, 0.3) is 33.8 Å². The van der Waals surface area contributed by atoms with E-state index in [0.29, 0.717) is 41.6 Å². The van der Waals surface area contributed by atoms with Gasteiger partial charge in [-0.3, -0.25) is 14.5 Å². The molecule has 0 aliphatic carbocycles. The average molecular weight is 560 g/mol. The Morgan fingerprint density at radius 3 is 2.55 bits per heavy atom. The molecule has 0 N–H and O–H groups in total. The first-order chi connectivity index (χ1) is 20.5. The van der Waals surface area contributed by atoms with E-state index in [1.165, 1.54) is 0 Å². The van der Waals surface area contributed by atoms with Gasteiger partial charge in [0.2, 0.25) is 5.89 Å². The van der Waals surface area contributed by atoms with Gasteiger partial charge in [0.25, 0.3) is 5.91 Å². The van der Waals surface area contributed by atoms with Crippen LogP contribution >= 0.6 is 0 Å². The van der Waals surface area contributed by atoms with E-state index < -0.39 is 0 Å². The van der Waals surface area contributed by atoms with Gasteiger partial charge in [0, 0.05) is 43.7 Å². The SMILES string of the molecule is Cc1nnn([C@@H](c2ccccc2)C2CCN(C(=O)c3cc(-c4nc5cc(-c6ccnn6C)ccc5o4)ccn3)CC2)n1. The van der Waals surface area contributed by atoms with Gasteiger partial charge in [-0.15, -0.1) is 10.2 Å². The molecular formula is C31H29N9O2. The maximum atomic E-state index is 13.5. The third kappa shape index (κ3) is 4.83. The average Bonchev–Trinajstić information content (AvgIpc) is 3.77. The van der Waals surface area contributed by atoms with Crippen LogP contribution in [0.5, 0.6) is 0 Å². The van der Waals surface area contributed by atoms with Crippen LogP contribution in [0.15, 0.2) is 83.5 Å². The predicted molar refractivity (Wildman–Crippen MR) is 155 cm³/mol. The summed E-state index contributed by atoms with van der Waals surface area (Å²) in [6.45, 7) is 3.08. The van der Waals surface area contributed by atoms with Crippen LogP contribution < -0.4 is 0 Å². The molecule has 0 unspecified atom stereocenters. The summed E-state index contributed by atoms with van der Waals surface area (Å²) in [7, 11) is 1.91. The van der Waals surface area contributed by atoms with Gasteiger partial charge in [0.05, 0.1) is 5.69 Å². The first-order valence-corrected chi connectivity index (χ1v) is 14.0. The van der Waals surface area contributed by atoms with Crippen molar-refractivity contribution in [3.8, 4) is 22.7 Å². The van der Waals surface area contributed by atoms with E-state index in [9.17, 15) is 4.79 Å². The van der Waals surface area contributed by atoms with E-state index in [0.717, 1.165) is 35.2 Å². The van der Waals surface area contributed by atoms with E-state index in [-0.39, 0.29) is 17.9 Å². The van der Waals surface area contributed by atoms with Gasteiger partial charge in [-0.1, -0.05) is 30.3 Å². The van der Waals surface area contributed by atoms with E-state index in [4.69, 9.17) is 9.40 Å². The van der Waals surface area contributed by atoms with Crippen LogP contribution in [0.4, 0.5) is 0 Å². The number of rotatable bonds is 6. The maximum Gasteiger partial charge on any atom is 0.272 e. The zero-order valence-corrected chi connectivity index (χ0v) is 23.3. The highest BCUT2D eigenvalue weighted by molar-refractivity contribution is 5.93. The summed E-state index contributed by atoms with van der Waals surface area (Å²) in [4.78, 5) is 26.3. The third-order valence-corrected chi connectivity index (χ3v) is 7.92. The van der Waals surface area contributed by atoms with E-state index in [1.54, 1.807) is 23.3 Å². The molecular weight excluding hydrogens is 530 g/mol. The van der Waals surface area contributed by atoms with Crippen LogP contribution in [0.1, 0.15) is 40.8 Å². The highest BCUT2D eigenvalue weighted by Gasteiger charge is 2.32. The Bertz CT molecular complexity index is 1870. The minimum atomic E-state index is -0.101. The summed E-state index contributed by atoms with van der Waals surface area (Å²) in [6.07, 6.45) is 5.03. The topological polar surface area (TPSA) is 121 Å². The Kier molecular flexibility index (Phi) is 6.54. The summed E-state index contributed by atoms with van der Waals surface area (Å²) < 4.78 is 7.88. The largest absolute Gasteiger partial charge is 0.436 e. The number of likely N-dealkylation sites (tertiary alicyclic amines) is 1. The van der Waals surface area contributed by atoms with Crippen molar-refractivity contribution in [1.29, 1.82) is 0 Å². The summed E-state index contributed by atoms with van der Waals surface area (Å²) >= 11 is 0. The Hall–Kier alpha value is -5.19. The Morgan fingerprint density at radius 2 is 1.81 bits per heavy atom. The number of hydrogen-bond donors (Lipinski definition) is 0. The second-order valence-electron chi connectivity index (χ2n) is 10.6. The van der Waals surface area contributed by atoms with E-state index in [1.807, 2.05) is 72.1 Å². The Labute approximate surface area is 241 Å². The van der Waals surface area contributed by atoms with Gasteiger partial charge >= 0.3 is 0 Å². The van der Waals surface area contributed by atoms with Gasteiger partial charge in [0.15, 0.2) is 11.4 Å². The van der Waals surface area contributed by atoms with Gasteiger partial charge in [-0.05, 0) is 72.9 Å². The molecule has 0 spiro atoms. The van der Waals surface area contributed by atoms with Crippen LogP contribution in [-0.4, -0.2) is 63.9 Å². The molecule has 11 heteroatoms. The number of aromatic nitrogens is 8. The fourth-order valence-corrected chi connectivity index (χ4v) is 5.79. The van der Waals surface area contributed by atoms with Crippen molar-refractivity contribution in [2.45, 2.75) is 25.8 Å². The van der Waals surface area contributed by atoms with Crippen LogP contribution in [0, 0.1) is 12.8 Å². The zero-order chi connectivity index (χ0) is 28.6. The van der Waals surface area contributed by atoms with Crippen molar-refractivity contribution in [1.82, 2.24) is 44.9 Å². The molecule has 7 rings (SSSR count). The lowest BCUT2D eigenvalue weighted by Gasteiger charge is -2.35. The zero-order valence-electron chi connectivity index (χ0n) is 23.3. The van der Waals surface area contributed by atoms with Crippen molar-refractivity contribution >= 4 is 17.0 Å². The van der Waals surface area contributed by atoms with Gasteiger partial charge in [0.1, 0.15) is 17.3 Å². The van der Waals surface area contributed by atoms with Gasteiger partial charge in [-0.2, -0.15) is 9.90 Å². The van der Waals surface area contributed by atoms with Crippen molar-refractivity contribution in [2.75, 3.05) is 13.1 Å². The molecule has 4 aromatic heterocycles. The monoisotopic (exact) mass is 559 g/mol. The predicted octanol–water partition coefficient (Wildman–Crippen LogP) is 4.73. The van der Waals surface area contributed by atoms with Crippen molar-refractivity contribution in [3.63, 3.8) is 0 Å². The number of pyridine rings is 1. The lowest BCUT2D eigenvalue weighted by atomic mass is 9.85. The van der Waals surface area contributed by atoms with Crippen LogP contribution in [0.3, 0.4) is 0 Å². The number of piperidine rings is 1. The standard InChI is InChI=1S/C31H29N9O2/c1-20-35-37-40(36-20)29(21-6-4-3-5-7-21)22-12-16-39(17-13-22)31(41)26-19-24(10-14-32-26)30-34-25-18-23(8-9-28(25)42-30)27-11-15-33-38(27)2/h3-11,14-15,18-19,22,29H,12-13,16-17H2,1-2H3/t29-/m0/s1. The summed E-state index contributed by atoms with van der Waals surface area (Å²) in [6, 6.07) is 21.6. The highest BCUT2D eigenvalue weighted by atomic mass is 16.3. The fraction of sp³-hybridized carbons (Fsp3) is 0.258. The summed E-state index contributed by atoms with van der Waals surface area (Å²) in [5, 5.41) is 17.2. The fourth-order valence-electron chi connectivity index (χ4n) is 5.79. The first kappa shape index (κ1) is 25.8. The number of carbonyl (C=O) groups is 1. The minimum absolute atomic E-state index is 0.0383. The first-order valence-electron chi connectivity index (χ1n) is 14.0.